The van der Waals surface area contributed by atoms with Crippen molar-refractivity contribution in [1.29, 1.82) is 5.26 Å². The largest absolute Gasteiger partial charge is 0.394 e. The van der Waals surface area contributed by atoms with Gasteiger partial charge in [0, 0.05) is 34.1 Å². The minimum absolute atomic E-state index is 0.135. The van der Waals surface area contributed by atoms with Gasteiger partial charge in [0.05, 0.1) is 24.8 Å². The number of amides is 1. The molecule has 1 saturated heterocycles. The number of fused-ring (bicyclic) bond motifs is 7. The number of nitrogens with one attached hydrogen (secondary N) is 2. The highest BCUT2D eigenvalue weighted by molar-refractivity contribution is 6.31. The number of halogens is 3. The second-order valence-electron chi connectivity index (χ2n) is 10.9. The number of carbonyl (C=O) groups is 1. The van der Waals surface area contributed by atoms with E-state index in [1.807, 2.05) is 26.8 Å². The van der Waals surface area contributed by atoms with Crippen molar-refractivity contribution in [1.82, 2.24) is 10.6 Å². The molecule has 1 heterocycles. The van der Waals surface area contributed by atoms with E-state index in [2.05, 4.69) is 16.7 Å². The molecular weight excluding hydrogens is 504 g/mol. The third-order valence-electron chi connectivity index (χ3n) is 7.08. The third kappa shape index (κ3) is 4.73. The van der Waals surface area contributed by atoms with Gasteiger partial charge in [-0.1, -0.05) is 50.0 Å². The van der Waals surface area contributed by atoms with E-state index in [1.54, 1.807) is 18.2 Å². The molecule has 2 bridgehead atoms. The zero-order valence-corrected chi connectivity index (χ0v) is 21.9. The van der Waals surface area contributed by atoms with Crippen molar-refractivity contribution in [3.05, 3.63) is 57.3 Å². The normalized spacial score (nSPS) is 25.4. The number of nitriles is 1. The molecule has 4 rings (SSSR count). The molecular formula is C27H30Cl2FN3O3. The van der Waals surface area contributed by atoms with Crippen LogP contribution in [0.5, 0.6) is 0 Å². The molecule has 2 aromatic rings. The molecule has 192 valence electrons. The Morgan fingerprint density at radius 2 is 1.94 bits per heavy atom. The zero-order valence-electron chi connectivity index (χ0n) is 20.4. The number of carbonyl (C=O) groups excluding carboxylic acids is 1. The Balaban J connectivity index is 1.92. The fourth-order valence-electron chi connectivity index (χ4n) is 5.70. The van der Waals surface area contributed by atoms with E-state index >= 15 is 4.39 Å². The van der Waals surface area contributed by atoms with Gasteiger partial charge in [0.2, 0.25) is 5.91 Å². The predicted molar refractivity (Wildman–Crippen MR) is 137 cm³/mol. The van der Waals surface area contributed by atoms with Crippen molar-refractivity contribution in [3.8, 4) is 17.2 Å². The van der Waals surface area contributed by atoms with Gasteiger partial charge in [0.15, 0.2) is 0 Å². The van der Waals surface area contributed by atoms with E-state index in [1.165, 1.54) is 6.07 Å². The highest BCUT2D eigenvalue weighted by Gasteiger charge is 2.62. The van der Waals surface area contributed by atoms with Crippen molar-refractivity contribution in [2.24, 2.45) is 5.41 Å². The number of hydrogen-bond donors (Lipinski definition) is 4. The lowest BCUT2D eigenvalue weighted by Crippen LogP contribution is -2.46. The van der Waals surface area contributed by atoms with Crippen molar-refractivity contribution >= 4 is 29.1 Å². The maximum absolute atomic E-state index is 15.9. The maximum Gasteiger partial charge on any atom is 0.237 e. The summed E-state index contributed by atoms with van der Waals surface area (Å²) in [4.78, 5) is 13.5. The first-order valence-corrected chi connectivity index (χ1v) is 12.7. The number of aliphatic hydroxyl groups excluding tert-OH is 2. The summed E-state index contributed by atoms with van der Waals surface area (Å²) in [6.45, 7) is 5.83. The molecule has 1 aliphatic carbocycles. The average Bonchev–Trinajstić information content (AvgIpc) is 3.06. The number of benzene rings is 2. The summed E-state index contributed by atoms with van der Waals surface area (Å²) in [5, 5.41) is 36.4. The van der Waals surface area contributed by atoms with Gasteiger partial charge in [-0.15, -0.1) is 0 Å². The second-order valence-corrected chi connectivity index (χ2v) is 11.8. The van der Waals surface area contributed by atoms with E-state index in [-0.39, 0.29) is 34.9 Å². The maximum atomic E-state index is 15.9. The molecule has 1 amide bonds. The molecule has 6 nitrogen and oxygen atoms in total. The van der Waals surface area contributed by atoms with Crippen molar-refractivity contribution in [2.75, 3.05) is 13.2 Å². The first-order chi connectivity index (χ1) is 16.9. The molecule has 2 aliphatic rings. The van der Waals surface area contributed by atoms with Crippen LogP contribution in [0.25, 0.3) is 11.1 Å². The molecule has 0 unspecified atom stereocenters. The first kappa shape index (κ1) is 26.8. The molecule has 36 heavy (non-hydrogen) atoms. The Kier molecular flexibility index (Phi) is 7.40. The summed E-state index contributed by atoms with van der Waals surface area (Å²) in [6.07, 6.45) is -0.283. The molecule has 2 aromatic carbocycles. The quantitative estimate of drug-likeness (QED) is 0.443. The molecule has 1 aliphatic heterocycles. The summed E-state index contributed by atoms with van der Waals surface area (Å²) < 4.78 is 15.9. The van der Waals surface area contributed by atoms with Crippen molar-refractivity contribution < 1.29 is 19.4 Å². The van der Waals surface area contributed by atoms with Crippen molar-refractivity contribution in [2.45, 2.75) is 63.1 Å². The lowest BCUT2D eigenvalue weighted by Gasteiger charge is -2.37. The summed E-state index contributed by atoms with van der Waals surface area (Å²) in [6, 6.07) is 9.18. The standard InChI is InChI=1S/C27H30Cl2FN3O3/c1-26(2,3)11-21-27(13-31)22(24(33-21)25(36)32-5-4-18(35)12-34)15-6-14(7-16(28)8-15)19-9-17(29)10-20(30)23(19)27/h6-10,18,21-22,24,33-35H,4-5,11-12H2,1-3H3,(H,32,36)/t18-,21-,22-,24+,27-/m0/s1. The van der Waals surface area contributed by atoms with E-state index < -0.39 is 41.9 Å². The monoisotopic (exact) mass is 533 g/mol. The van der Waals surface area contributed by atoms with Crippen LogP contribution in [0.3, 0.4) is 0 Å². The van der Waals surface area contributed by atoms with Gasteiger partial charge >= 0.3 is 0 Å². The lowest BCUT2D eigenvalue weighted by atomic mass is 9.63. The molecule has 0 spiro atoms. The summed E-state index contributed by atoms with van der Waals surface area (Å²) in [5.74, 6) is -1.72. The highest BCUT2D eigenvalue weighted by atomic mass is 35.5. The molecule has 0 aromatic heterocycles. The molecule has 1 fully saturated rings. The lowest BCUT2D eigenvalue weighted by molar-refractivity contribution is -0.123. The van der Waals surface area contributed by atoms with Gasteiger partial charge in [-0.3, -0.25) is 4.79 Å². The van der Waals surface area contributed by atoms with Gasteiger partial charge in [-0.25, -0.2) is 4.39 Å². The molecule has 0 radical (unpaired) electrons. The highest BCUT2D eigenvalue weighted by Crippen LogP contribution is 2.56. The first-order valence-electron chi connectivity index (χ1n) is 12.0. The summed E-state index contributed by atoms with van der Waals surface area (Å²) in [5.41, 5.74) is 0.324. The van der Waals surface area contributed by atoms with Crippen LogP contribution in [0.15, 0.2) is 30.3 Å². The average molecular weight is 534 g/mol. The van der Waals surface area contributed by atoms with Crippen LogP contribution in [0.2, 0.25) is 10.0 Å². The van der Waals surface area contributed by atoms with E-state index in [0.717, 1.165) is 0 Å². The number of aliphatic hydroxyl groups is 2. The molecule has 5 atom stereocenters. The Bertz CT molecular complexity index is 1230. The van der Waals surface area contributed by atoms with E-state index in [0.29, 0.717) is 28.1 Å². The van der Waals surface area contributed by atoms with Crippen molar-refractivity contribution in [3.63, 3.8) is 0 Å². The van der Waals surface area contributed by atoms with E-state index in [4.69, 9.17) is 28.3 Å². The van der Waals surface area contributed by atoms with Crippen LogP contribution in [-0.2, 0) is 10.2 Å². The number of rotatable bonds is 6. The second kappa shape index (κ2) is 9.92. The molecule has 0 saturated carbocycles. The fourth-order valence-corrected chi connectivity index (χ4v) is 6.15. The third-order valence-corrected chi connectivity index (χ3v) is 7.52. The van der Waals surface area contributed by atoms with Crippen LogP contribution in [0, 0.1) is 22.6 Å². The molecule has 4 N–H and O–H groups in total. The summed E-state index contributed by atoms with van der Waals surface area (Å²) in [7, 11) is 0. The van der Waals surface area contributed by atoms with Gasteiger partial charge < -0.3 is 20.8 Å². The van der Waals surface area contributed by atoms with Gasteiger partial charge in [-0.05, 0) is 59.2 Å². The van der Waals surface area contributed by atoms with E-state index in [9.17, 15) is 15.2 Å². The minimum Gasteiger partial charge on any atom is -0.394 e. The van der Waals surface area contributed by atoms with Crippen LogP contribution >= 0.6 is 23.2 Å². The number of nitrogens with zero attached hydrogens (tertiary/aromatic N) is 1. The van der Waals surface area contributed by atoms with Crippen LogP contribution < -0.4 is 10.6 Å². The van der Waals surface area contributed by atoms with Gasteiger partial charge in [0.25, 0.3) is 0 Å². The van der Waals surface area contributed by atoms with Gasteiger partial charge in [-0.2, -0.15) is 5.26 Å². The van der Waals surface area contributed by atoms with Crippen LogP contribution in [0.1, 0.15) is 50.7 Å². The summed E-state index contributed by atoms with van der Waals surface area (Å²) >= 11 is 12.7. The Morgan fingerprint density at radius 1 is 1.25 bits per heavy atom. The Morgan fingerprint density at radius 3 is 2.58 bits per heavy atom. The van der Waals surface area contributed by atoms with Gasteiger partial charge in [0.1, 0.15) is 11.2 Å². The SMILES string of the molecule is CC(C)(C)C[C@@H]1N[C@@H](C(=O)NCC[C@H](O)CO)[C@@H]2c3cc(Cl)cc(c3)-c3cc(Cl)cc(F)c3[C@@]12C#N. The van der Waals surface area contributed by atoms with Crippen LogP contribution in [0.4, 0.5) is 4.39 Å². The topological polar surface area (TPSA) is 105 Å². The molecule has 9 heteroatoms. The van der Waals surface area contributed by atoms with Crippen LogP contribution in [-0.4, -0.2) is 47.5 Å². The predicted octanol–water partition coefficient (Wildman–Crippen LogP) is 4.29. The fraction of sp³-hybridized carbons (Fsp3) is 0.481. The Labute approximate surface area is 220 Å². The smallest absolute Gasteiger partial charge is 0.237 e. The Hall–Kier alpha value is -2.21. The number of hydrogen-bond acceptors (Lipinski definition) is 5. The minimum atomic E-state index is -1.43. The zero-order chi connectivity index (χ0) is 26.4.